The fourth-order valence-corrected chi connectivity index (χ4v) is 2.36. The number of ether oxygens (including phenoxy) is 2. The number of aryl methyl sites for hydroxylation is 1. The van der Waals surface area contributed by atoms with E-state index >= 15 is 0 Å². The minimum Gasteiger partial charge on any atom is -0.469 e. The molecule has 2 atom stereocenters. The van der Waals surface area contributed by atoms with Crippen molar-refractivity contribution in [2.75, 3.05) is 14.2 Å². The fourth-order valence-electron chi connectivity index (χ4n) is 2.36. The first-order chi connectivity index (χ1) is 10.6. The molecule has 0 heterocycles. The Hall–Kier alpha value is -1.88. The highest BCUT2D eigenvalue weighted by molar-refractivity contribution is 5.83. The van der Waals surface area contributed by atoms with Crippen LogP contribution in [0.3, 0.4) is 0 Å². The van der Waals surface area contributed by atoms with Crippen molar-refractivity contribution in [2.45, 2.75) is 38.2 Å². The van der Waals surface area contributed by atoms with E-state index in [0.29, 0.717) is 6.42 Å². The third-order valence-electron chi connectivity index (χ3n) is 3.65. The van der Waals surface area contributed by atoms with E-state index in [4.69, 9.17) is 0 Å². The van der Waals surface area contributed by atoms with Crippen molar-refractivity contribution in [3.8, 4) is 0 Å². The van der Waals surface area contributed by atoms with Crippen molar-refractivity contribution < 1.29 is 24.2 Å². The standard InChI is InChI=1S/C17H24O5/c1-21-16(19)14(15(18)17(20)22-2)12-8-4-7-11-13-9-5-3-6-10-13/h3,5-6,9-10,14-15,18H,4,7-8,11-12H2,1-2H3/t14-,15+/m1/s1. The van der Waals surface area contributed by atoms with E-state index in [-0.39, 0.29) is 0 Å². The van der Waals surface area contributed by atoms with E-state index in [2.05, 4.69) is 21.6 Å². The number of carbonyl (C=O) groups is 2. The van der Waals surface area contributed by atoms with Crippen LogP contribution in [0.2, 0.25) is 0 Å². The van der Waals surface area contributed by atoms with Crippen LogP contribution in [-0.2, 0) is 25.5 Å². The molecule has 122 valence electrons. The summed E-state index contributed by atoms with van der Waals surface area (Å²) in [5.41, 5.74) is 1.28. The number of carbonyl (C=O) groups excluding carboxylic acids is 2. The Labute approximate surface area is 131 Å². The summed E-state index contributed by atoms with van der Waals surface area (Å²) in [7, 11) is 2.43. The van der Waals surface area contributed by atoms with E-state index in [1.54, 1.807) is 0 Å². The van der Waals surface area contributed by atoms with E-state index < -0.39 is 24.0 Å². The molecule has 5 heteroatoms. The normalized spacial score (nSPS) is 13.2. The molecule has 0 saturated carbocycles. The lowest BCUT2D eigenvalue weighted by Crippen LogP contribution is -2.36. The number of methoxy groups -OCH3 is 2. The van der Waals surface area contributed by atoms with Gasteiger partial charge in [0.15, 0.2) is 6.10 Å². The van der Waals surface area contributed by atoms with Crippen LogP contribution in [0, 0.1) is 5.92 Å². The summed E-state index contributed by atoms with van der Waals surface area (Å²) in [5.74, 6) is -2.25. The van der Waals surface area contributed by atoms with Crippen LogP contribution >= 0.6 is 0 Å². The molecule has 1 rings (SSSR count). The van der Waals surface area contributed by atoms with Crippen molar-refractivity contribution in [2.24, 2.45) is 5.92 Å². The highest BCUT2D eigenvalue weighted by Gasteiger charge is 2.33. The van der Waals surface area contributed by atoms with Crippen LogP contribution in [-0.4, -0.2) is 37.4 Å². The van der Waals surface area contributed by atoms with Gasteiger partial charge in [-0.05, 0) is 24.8 Å². The smallest absolute Gasteiger partial charge is 0.335 e. The van der Waals surface area contributed by atoms with Gasteiger partial charge in [-0.2, -0.15) is 0 Å². The van der Waals surface area contributed by atoms with Crippen molar-refractivity contribution in [3.05, 3.63) is 35.9 Å². The van der Waals surface area contributed by atoms with Gasteiger partial charge in [-0.25, -0.2) is 4.79 Å². The molecular formula is C17H24O5. The predicted octanol–water partition coefficient (Wildman–Crippen LogP) is 2.11. The summed E-state index contributed by atoms with van der Waals surface area (Å²) >= 11 is 0. The summed E-state index contributed by atoms with van der Waals surface area (Å²) in [6.45, 7) is 0. The van der Waals surface area contributed by atoms with Gasteiger partial charge >= 0.3 is 11.9 Å². The first kappa shape index (κ1) is 18.2. The zero-order valence-corrected chi connectivity index (χ0v) is 13.2. The average molecular weight is 308 g/mol. The zero-order valence-electron chi connectivity index (χ0n) is 13.2. The predicted molar refractivity (Wildman–Crippen MR) is 82.1 cm³/mol. The molecule has 0 unspecified atom stereocenters. The number of hydrogen-bond donors (Lipinski definition) is 1. The van der Waals surface area contributed by atoms with Crippen LogP contribution < -0.4 is 0 Å². The van der Waals surface area contributed by atoms with Crippen molar-refractivity contribution in [1.82, 2.24) is 0 Å². The second-order valence-corrected chi connectivity index (χ2v) is 5.18. The van der Waals surface area contributed by atoms with Gasteiger partial charge in [0.2, 0.25) is 0 Å². The van der Waals surface area contributed by atoms with Crippen LogP contribution in [0.4, 0.5) is 0 Å². The Bertz CT molecular complexity index is 457. The lowest BCUT2D eigenvalue weighted by atomic mass is 9.94. The molecule has 5 nitrogen and oxygen atoms in total. The second kappa shape index (κ2) is 9.95. The van der Waals surface area contributed by atoms with Gasteiger partial charge in [-0.1, -0.05) is 43.2 Å². The first-order valence-corrected chi connectivity index (χ1v) is 7.47. The summed E-state index contributed by atoms with van der Waals surface area (Å²) < 4.78 is 9.12. The highest BCUT2D eigenvalue weighted by atomic mass is 16.5. The molecule has 0 aliphatic carbocycles. The molecule has 0 aliphatic heterocycles. The van der Waals surface area contributed by atoms with Gasteiger partial charge in [0.1, 0.15) is 0 Å². The minimum absolute atomic E-state index is 0.401. The number of rotatable bonds is 9. The molecule has 0 radical (unpaired) electrons. The summed E-state index contributed by atoms with van der Waals surface area (Å²) in [5, 5.41) is 9.84. The lowest BCUT2D eigenvalue weighted by Gasteiger charge is -2.18. The molecule has 1 aromatic carbocycles. The maximum atomic E-state index is 11.7. The van der Waals surface area contributed by atoms with Gasteiger partial charge in [-0.3, -0.25) is 4.79 Å². The molecule has 0 bridgehead atoms. The van der Waals surface area contributed by atoms with Crippen LogP contribution in [0.25, 0.3) is 0 Å². The Morgan fingerprint density at radius 2 is 1.64 bits per heavy atom. The van der Waals surface area contributed by atoms with Crippen molar-refractivity contribution in [3.63, 3.8) is 0 Å². The molecule has 0 fully saturated rings. The largest absolute Gasteiger partial charge is 0.469 e. The van der Waals surface area contributed by atoms with Gasteiger partial charge in [0, 0.05) is 0 Å². The summed E-state index contributed by atoms with van der Waals surface area (Å²) in [6.07, 6.45) is 2.55. The van der Waals surface area contributed by atoms with Gasteiger partial charge in [-0.15, -0.1) is 0 Å². The van der Waals surface area contributed by atoms with Crippen LogP contribution in [0.5, 0.6) is 0 Å². The third kappa shape index (κ3) is 5.85. The number of benzene rings is 1. The van der Waals surface area contributed by atoms with Gasteiger partial charge < -0.3 is 14.6 Å². The molecular weight excluding hydrogens is 284 g/mol. The molecule has 22 heavy (non-hydrogen) atoms. The topological polar surface area (TPSA) is 72.8 Å². The Morgan fingerprint density at radius 1 is 1.00 bits per heavy atom. The zero-order chi connectivity index (χ0) is 16.4. The molecule has 1 aromatic rings. The van der Waals surface area contributed by atoms with Crippen molar-refractivity contribution >= 4 is 11.9 Å². The number of esters is 2. The lowest BCUT2D eigenvalue weighted by molar-refractivity contribution is -0.163. The van der Waals surface area contributed by atoms with E-state index in [1.165, 1.54) is 19.8 Å². The second-order valence-electron chi connectivity index (χ2n) is 5.18. The summed E-state index contributed by atoms with van der Waals surface area (Å²) in [4.78, 5) is 23.0. The van der Waals surface area contributed by atoms with Crippen LogP contribution in [0.1, 0.15) is 31.2 Å². The molecule has 1 N–H and O–H groups in total. The number of unbranched alkanes of at least 4 members (excludes halogenated alkanes) is 2. The molecule has 0 spiro atoms. The van der Waals surface area contributed by atoms with E-state index in [1.807, 2.05) is 18.2 Å². The fraction of sp³-hybridized carbons (Fsp3) is 0.529. The molecule has 0 aromatic heterocycles. The SMILES string of the molecule is COC(=O)[C@@H](O)[C@@H](CCCCCc1ccccc1)C(=O)OC. The van der Waals surface area contributed by atoms with E-state index in [0.717, 1.165) is 25.7 Å². The minimum atomic E-state index is -1.47. The highest BCUT2D eigenvalue weighted by Crippen LogP contribution is 2.18. The maximum Gasteiger partial charge on any atom is 0.335 e. The number of hydrogen-bond acceptors (Lipinski definition) is 5. The monoisotopic (exact) mass is 308 g/mol. The maximum absolute atomic E-state index is 11.7. The third-order valence-corrected chi connectivity index (χ3v) is 3.65. The van der Waals surface area contributed by atoms with Crippen LogP contribution in [0.15, 0.2) is 30.3 Å². The van der Waals surface area contributed by atoms with E-state index in [9.17, 15) is 14.7 Å². The van der Waals surface area contributed by atoms with Gasteiger partial charge in [0.05, 0.1) is 20.1 Å². The summed E-state index contributed by atoms with van der Waals surface area (Å²) in [6, 6.07) is 10.2. The Morgan fingerprint density at radius 3 is 2.23 bits per heavy atom. The quantitative estimate of drug-likeness (QED) is 0.559. The Balaban J connectivity index is 2.37. The molecule has 0 saturated heterocycles. The van der Waals surface area contributed by atoms with Crippen molar-refractivity contribution in [1.29, 1.82) is 0 Å². The number of aliphatic hydroxyl groups is 1. The van der Waals surface area contributed by atoms with Gasteiger partial charge in [0.25, 0.3) is 0 Å². The number of aliphatic hydroxyl groups excluding tert-OH is 1. The first-order valence-electron chi connectivity index (χ1n) is 7.47. The average Bonchev–Trinajstić information content (AvgIpc) is 2.57. The molecule has 0 amide bonds. The Kier molecular flexibility index (Phi) is 8.22. The molecule has 0 aliphatic rings.